The van der Waals surface area contributed by atoms with Gasteiger partial charge in [-0.15, -0.1) is 0 Å². The maximum absolute atomic E-state index is 12.5. The number of rotatable bonds is 7. The van der Waals surface area contributed by atoms with Crippen LogP contribution in [0, 0.1) is 13.8 Å². The standard InChI is InChI=1S/C18H23NO4S2/c1-4-19(13-24(20,21)17-9-5-15(2)6-10-17)14-25(22,23)18-11-7-16(3)8-12-18/h5-12H,4,13-14H2,1-3H3. The molecular formula is C18H23NO4S2. The van der Waals surface area contributed by atoms with E-state index in [0.717, 1.165) is 11.1 Å². The molecule has 0 saturated carbocycles. The van der Waals surface area contributed by atoms with Crippen molar-refractivity contribution in [2.75, 3.05) is 18.3 Å². The second kappa shape index (κ2) is 7.68. The van der Waals surface area contributed by atoms with Crippen molar-refractivity contribution < 1.29 is 16.8 Å². The predicted molar refractivity (Wildman–Crippen MR) is 98.8 cm³/mol. The first-order valence-corrected chi connectivity index (χ1v) is 11.3. The second-order valence-electron chi connectivity index (χ2n) is 6.10. The minimum atomic E-state index is -3.59. The number of nitrogens with zero attached hydrogens (tertiary/aromatic N) is 1. The molecule has 0 unspecified atom stereocenters. The van der Waals surface area contributed by atoms with Gasteiger partial charge in [0.15, 0.2) is 19.7 Å². The summed E-state index contributed by atoms with van der Waals surface area (Å²) in [6, 6.07) is 13.1. The van der Waals surface area contributed by atoms with Gasteiger partial charge in [-0.05, 0) is 44.7 Å². The Balaban J connectivity index is 2.19. The minimum Gasteiger partial charge on any atom is -0.276 e. The summed E-state index contributed by atoms with van der Waals surface area (Å²) < 4.78 is 50.2. The van der Waals surface area contributed by atoms with Crippen molar-refractivity contribution in [2.24, 2.45) is 0 Å². The van der Waals surface area contributed by atoms with E-state index in [4.69, 9.17) is 0 Å². The number of benzene rings is 2. The van der Waals surface area contributed by atoms with E-state index in [1.165, 1.54) is 4.90 Å². The lowest BCUT2D eigenvalue weighted by Gasteiger charge is -2.20. The molecule has 0 aliphatic heterocycles. The molecule has 0 fully saturated rings. The van der Waals surface area contributed by atoms with E-state index in [9.17, 15) is 16.8 Å². The third kappa shape index (κ3) is 5.14. The lowest BCUT2D eigenvalue weighted by molar-refractivity contribution is 0.376. The highest BCUT2D eigenvalue weighted by molar-refractivity contribution is 7.92. The van der Waals surface area contributed by atoms with Gasteiger partial charge in [0.05, 0.1) is 9.79 Å². The van der Waals surface area contributed by atoms with Gasteiger partial charge < -0.3 is 0 Å². The molecule has 0 atom stereocenters. The Labute approximate surface area is 150 Å². The van der Waals surface area contributed by atoms with Gasteiger partial charge in [0.25, 0.3) is 0 Å². The molecule has 0 heterocycles. The van der Waals surface area contributed by atoms with Gasteiger partial charge in [-0.25, -0.2) is 16.8 Å². The fraction of sp³-hybridized carbons (Fsp3) is 0.333. The maximum atomic E-state index is 12.5. The van der Waals surface area contributed by atoms with Crippen molar-refractivity contribution in [2.45, 2.75) is 30.6 Å². The molecule has 0 aliphatic rings. The molecule has 0 saturated heterocycles. The zero-order chi connectivity index (χ0) is 18.7. The van der Waals surface area contributed by atoms with Crippen LogP contribution in [0.1, 0.15) is 18.1 Å². The topological polar surface area (TPSA) is 71.5 Å². The SMILES string of the molecule is CCN(CS(=O)(=O)c1ccc(C)cc1)CS(=O)(=O)c1ccc(C)cc1. The van der Waals surface area contributed by atoms with Crippen LogP contribution in [-0.2, 0) is 19.7 Å². The molecule has 0 aliphatic carbocycles. The molecular weight excluding hydrogens is 358 g/mol. The fourth-order valence-corrected chi connectivity index (χ4v) is 5.37. The van der Waals surface area contributed by atoms with Crippen LogP contribution in [0.5, 0.6) is 0 Å². The van der Waals surface area contributed by atoms with Gasteiger partial charge in [0.1, 0.15) is 11.8 Å². The summed E-state index contributed by atoms with van der Waals surface area (Å²) in [5.74, 6) is -0.671. The van der Waals surface area contributed by atoms with E-state index in [0.29, 0.717) is 6.54 Å². The Hall–Kier alpha value is -1.70. The summed E-state index contributed by atoms with van der Waals surface area (Å²) in [6.45, 7) is 5.82. The van der Waals surface area contributed by atoms with Gasteiger partial charge in [0, 0.05) is 0 Å². The summed E-state index contributed by atoms with van der Waals surface area (Å²) in [5, 5.41) is 0. The van der Waals surface area contributed by atoms with Crippen LogP contribution in [0.15, 0.2) is 58.3 Å². The third-order valence-electron chi connectivity index (χ3n) is 3.91. The molecule has 2 aromatic rings. The Kier molecular flexibility index (Phi) is 6.03. The Morgan fingerprint density at radius 3 is 1.28 bits per heavy atom. The molecule has 5 nitrogen and oxygen atoms in total. The molecule has 0 N–H and O–H groups in total. The summed E-state index contributed by atoms with van der Waals surface area (Å²) in [5.41, 5.74) is 1.93. The average molecular weight is 382 g/mol. The van der Waals surface area contributed by atoms with Crippen molar-refractivity contribution >= 4 is 19.7 Å². The van der Waals surface area contributed by atoms with E-state index in [1.807, 2.05) is 13.8 Å². The Morgan fingerprint density at radius 1 is 0.680 bits per heavy atom. The molecule has 2 aromatic carbocycles. The van der Waals surface area contributed by atoms with Crippen molar-refractivity contribution in [3.8, 4) is 0 Å². The molecule has 0 aromatic heterocycles. The van der Waals surface area contributed by atoms with E-state index >= 15 is 0 Å². The fourth-order valence-electron chi connectivity index (χ4n) is 2.34. The Bertz CT molecular complexity index is 839. The first-order valence-electron chi connectivity index (χ1n) is 7.95. The predicted octanol–water partition coefficient (Wildman–Crippen LogP) is 2.79. The highest BCUT2D eigenvalue weighted by Crippen LogP contribution is 2.17. The van der Waals surface area contributed by atoms with E-state index in [1.54, 1.807) is 55.5 Å². The van der Waals surface area contributed by atoms with Crippen molar-refractivity contribution in [1.29, 1.82) is 0 Å². The van der Waals surface area contributed by atoms with Gasteiger partial charge in [-0.1, -0.05) is 42.3 Å². The lowest BCUT2D eigenvalue weighted by Crippen LogP contribution is -2.34. The molecule has 136 valence electrons. The number of hydrogen-bond donors (Lipinski definition) is 0. The zero-order valence-electron chi connectivity index (χ0n) is 14.6. The van der Waals surface area contributed by atoms with Crippen molar-refractivity contribution in [1.82, 2.24) is 4.90 Å². The van der Waals surface area contributed by atoms with Crippen LogP contribution < -0.4 is 0 Å². The summed E-state index contributed by atoms with van der Waals surface area (Å²) >= 11 is 0. The highest BCUT2D eigenvalue weighted by Gasteiger charge is 2.24. The van der Waals surface area contributed by atoms with E-state index < -0.39 is 19.7 Å². The average Bonchev–Trinajstić information content (AvgIpc) is 2.54. The van der Waals surface area contributed by atoms with Gasteiger partial charge in [0.2, 0.25) is 0 Å². The molecule has 0 radical (unpaired) electrons. The van der Waals surface area contributed by atoms with Crippen molar-refractivity contribution in [3.63, 3.8) is 0 Å². The summed E-state index contributed by atoms with van der Waals surface area (Å²) in [6.07, 6.45) is 0. The van der Waals surface area contributed by atoms with Crippen LogP contribution in [0.3, 0.4) is 0 Å². The monoisotopic (exact) mass is 381 g/mol. The van der Waals surface area contributed by atoms with Crippen LogP contribution >= 0.6 is 0 Å². The second-order valence-corrected chi connectivity index (χ2v) is 10.0. The molecule has 0 spiro atoms. The van der Waals surface area contributed by atoms with Gasteiger partial charge in [-0.3, -0.25) is 4.90 Å². The zero-order valence-corrected chi connectivity index (χ0v) is 16.3. The van der Waals surface area contributed by atoms with Crippen LogP contribution in [-0.4, -0.2) is 40.0 Å². The quantitative estimate of drug-likeness (QED) is 0.737. The third-order valence-corrected chi connectivity index (χ3v) is 7.30. The Morgan fingerprint density at radius 2 is 1.00 bits per heavy atom. The lowest BCUT2D eigenvalue weighted by atomic mass is 10.2. The van der Waals surface area contributed by atoms with Crippen molar-refractivity contribution in [3.05, 3.63) is 59.7 Å². The van der Waals surface area contributed by atoms with Crippen LogP contribution in [0.4, 0.5) is 0 Å². The highest BCUT2D eigenvalue weighted by atomic mass is 32.2. The van der Waals surface area contributed by atoms with E-state index in [2.05, 4.69) is 0 Å². The van der Waals surface area contributed by atoms with Gasteiger partial charge in [-0.2, -0.15) is 0 Å². The molecule has 2 rings (SSSR count). The number of sulfone groups is 2. The smallest absolute Gasteiger partial charge is 0.191 e. The van der Waals surface area contributed by atoms with Crippen LogP contribution in [0.2, 0.25) is 0 Å². The normalized spacial score (nSPS) is 12.5. The molecule has 0 amide bonds. The van der Waals surface area contributed by atoms with E-state index in [-0.39, 0.29) is 21.5 Å². The van der Waals surface area contributed by atoms with Gasteiger partial charge >= 0.3 is 0 Å². The molecule has 7 heteroatoms. The molecule has 25 heavy (non-hydrogen) atoms. The number of aryl methyl sites for hydroxylation is 2. The first kappa shape index (κ1) is 19.6. The number of hydrogen-bond acceptors (Lipinski definition) is 5. The summed E-state index contributed by atoms with van der Waals surface area (Å²) in [7, 11) is -7.18. The minimum absolute atomic E-state index is 0.198. The molecule has 0 bridgehead atoms. The largest absolute Gasteiger partial charge is 0.276 e. The maximum Gasteiger partial charge on any atom is 0.191 e. The first-order chi connectivity index (χ1) is 11.6. The summed E-state index contributed by atoms with van der Waals surface area (Å²) in [4.78, 5) is 1.82. The van der Waals surface area contributed by atoms with Crippen LogP contribution in [0.25, 0.3) is 0 Å².